The third-order valence-corrected chi connectivity index (χ3v) is 5.32. The van der Waals surface area contributed by atoms with E-state index in [-0.39, 0.29) is 0 Å². The molecule has 0 amide bonds. The lowest BCUT2D eigenvalue weighted by atomic mass is 9.83. The van der Waals surface area contributed by atoms with Gasteiger partial charge >= 0.3 is 0 Å². The molecule has 3 nitrogen and oxygen atoms in total. The minimum Gasteiger partial charge on any atom is -0.493 e. The summed E-state index contributed by atoms with van der Waals surface area (Å²) in [6.45, 7) is 3.78. The fourth-order valence-electron chi connectivity index (χ4n) is 3.95. The molecule has 1 aromatic carbocycles. The minimum atomic E-state index is 0.540. The van der Waals surface area contributed by atoms with E-state index < -0.39 is 0 Å². The predicted molar refractivity (Wildman–Crippen MR) is 83.9 cm³/mol. The predicted octanol–water partition coefficient (Wildman–Crippen LogP) is 3.46. The summed E-state index contributed by atoms with van der Waals surface area (Å²) in [6.07, 6.45) is 6.67. The second kappa shape index (κ2) is 5.69. The van der Waals surface area contributed by atoms with E-state index in [9.17, 15) is 0 Å². The fourth-order valence-corrected chi connectivity index (χ4v) is 4.30. The molecule has 21 heavy (non-hydrogen) atoms. The van der Waals surface area contributed by atoms with Crippen molar-refractivity contribution in [2.75, 3.05) is 26.3 Å². The molecule has 0 aliphatic carbocycles. The largest absolute Gasteiger partial charge is 0.493 e. The highest BCUT2D eigenvalue weighted by Crippen LogP contribution is 2.49. The third-order valence-electron chi connectivity index (χ3n) is 4.92. The smallest absolute Gasteiger partial charge is 0.141 e. The Morgan fingerprint density at radius 1 is 0.952 bits per heavy atom. The fraction of sp³-hybridized carbons (Fsp3) is 0.647. The van der Waals surface area contributed by atoms with E-state index in [2.05, 4.69) is 5.32 Å². The zero-order valence-corrected chi connectivity index (χ0v) is 13.1. The summed E-state index contributed by atoms with van der Waals surface area (Å²) in [5, 5.41) is 4.34. The van der Waals surface area contributed by atoms with Gasteiger partial charge in [0.05, 0.1) is 18.2 Å². The number of halogens is 1. The van der Waals surface area contributed by atoms with Gasteiger partial charge in [-0.1, -0.05) is 11.6 Å². The lowest BCUT2D eigenvalue weighted by Gasteiger charge is -2.33. The first-order valence-electron chi connectivity index (χ1n) is 8.19. The molecular weight excluding hydrogens is 286 g/mol. The Kier molecular flexibility index (Phi) is 3.72. The van der Waals surface area contributed by atoms with E-state index in [0.29, 0.717) is 5.92 Å². The quantitative estimate of drug-likeness (QED) is 0.862. The molecule has 3 aliphatic rings. The summed E-state index contributed by atoms with van der Waals surface area (Å²) >= 11 is 6.63. The molecule has 3 aliphatic heterocycles. The third kappa shape index (κ3) is 2.31. The first-order chi connectivity index (χ1) is 10.4. The SMILES string of the molecule is Clc1c2c(c(C3CCCNC3)c3c1OCCC3)OCCC2. The summed E-state index contributed by atoms with van der Waals surface area (Å²) in [5.74, 6) is 2.58. The van der Waals surface area contributed by atoms with Gasteiger partial charge < -0.3 is 14.8 Å². The molecule has 0 spiro atoms. The maximum Gasteiger partial charge on any atom is 0.141 e. The van der Waals surface area contributed by atoms with Crippen molar-refractivity contribution in [2.45, 2.75) is 44.4 Å². The summed E-state index contributed by atoms with van der Waals surface area (Å²) in [5.41, 5.74) is 3.90. The molecule has 4 rings (SSSR count). The number of nitrogens with one attached hydrogen (secondary N) is 1. The van der Waals surface area contributed by atoms with Gasteiger partial charge in [-0.3, -0.25) is 0 Å². The molecule has 1 fully saturated rings. The molecule has 3 heterocycles. The maximum absolute atomic E-state index is 6.63. The topological polar surface area (TPSA) is 30.5 Å². The molecule has 0 saturated carbocycles. The van der Waals surface area contributed by atoms with Crippen LogP contribution in [0, 0.1) is 0 Å². The van der Waals surface area contributed by atoms with Crippen molar-refractivity contribution in [1.29, 1.82) is 0 Å². The van der Waals surface area contributed by atoms with Gasteiger partial charge in [0.25, 0.3) is 0 Å². The second-order valence-corrected chi connectivity index (χ2v) is 6.67. The average molecular weight is 308 g/mol. The molecule has 1 N–H and O–H groups in total. The molecular formula is C17H22ClNO2. The Balaban J connectivity index is 1.89. The maximum atomic E-state index is 6.63. The van der Waals surface area contributed by atoms with Crippen molar-refractivity contribution >= 4 is 11.6 Å². The van der Waals surface area contributed by atoms with Crippen LogP contribution >= 0.6 is 11.6 Å². The van der Waals surface area contributed by atoms with Crippen LogP contribution in [0.25, 0.3) is 0 Å². The lowest BCUT2D eigenvalue weighted by molar-refractivity contribution is 0.265. The Labute approximate surface area is 131 Å². The molecule has 0 radical (unpaired) electrons. The number of ether oxygens (including phenoxy) is 2. The number of fused-ring (bicyclic) bond motifs is 2. The highest BCUT2D eigenvalue weighted by atomic mass is 35.5. The van der Waals surface area contributed by atoms with Crippen LogP contribution in [0.4, 0.5) is 0 Å². The molecule has 1 aromatic rings. The normalized spacial score (nSPS) is 24.5. The van der Waals surface area contributed by atoms with Gasteiger partial charge in [0.2, 0.25) is 0 Å². The van der Waals surface area contributed by atoms with Gasteiger partial charge in [-0.25, -0.2) is 0 Å². The Morgan fingerprint density at radius 2 is 1.71 bits per heavy atom. The lowest BCUT2D eigenvalue weighted by Crippen LogP contribution is -2.30. The number of hydrogen-bond acceptors (Lipinski definition) is 3. The molecule has 1 atom stereocenters. The van der Waals surface area contributed by atoms with Crippen molar-refractivity contribution in [2.24, 2.45) is 0 Å². The average Bonchev–Trinajstić information content (AvgIpc) is 2.56. The van der Waals surface area contributed by atoms with Crippen molar-refractivity contribution in [3.8, 4) is 11.5 Å². The van der Waals surface area contributed by atoms with Gasteiger partial charge in [0, 0.05) is 29.2 Å². The number of piperidine rings is 1. The standard InChI is InChI=1S/C17H22ClNO2/c18-15-13-6-3-8-20-16(13)14(11-4-1-7-19-10-11)12-5-2-9-21-17(12)15/h11,19H,1-10H2. The van der Waals surface area contributed by atoms with Crippen molar-refractivity contribution in [1.82, 2.24) is 5.32 Å². The zero-order chi connectivity index (χ0) is 14.2. The van der Waals surface area contributed by atoms with Crippen molar-refractivity contribution < 1.29 is 9.47 Å². The van der Waals surface area contributed by atoms with Crippen LogP contribution in [0.5, 0.6) is 11.5 Å². The monoisotopic (exact) mass is 307 g/mol. The summed E-state index contributed by atoms with van der Waals surface area (Å²) < 4.78 is 12.0. The summed E-state index contributed by atoms with van der Waals surface area (Å²) in [6, 6.07) is 0. The van der Waals surface area contributed by atoms with E-state index in [0.717, 1.165) is 68.5 Å². The molecule has 1 unspecified atom stereocenters. The zero-order valence-electron chi connectivity index (χ0n) is 12.3. The van der Waals surface area contributed by atoms with E-state index in [1.54, 1.807) is 0 Å². The molecule has 0 bridgehead atoms. The first kappa shape index (κ1) is 13.7. The van der Waals surface area contributed by atoms with Crippen molar-refractivity contribution in [3.05, 3.63) is 21.7 Å². The summed E-state index contributed by atoms with van der Waals surface area (Å²) in [7, 11) is 0. The van der Waals surface area contributed by atoms with Crippen molar-refractivity contribution in [3.63, 3.8) is 0 Å². The molecule has 4 heteroatoms. The van der Waals surface area contributed by atoms with Gasteiger partial charge in [-0.2, -0.15) is 0 Å². The van der Waals surface area contributed by atoms with Crippen LogP contribution in [0.3, 0.4) is 0 Å². The van der Waals surface area contributed by atoms with E-state index in [1.807, 2.05) is 0 Å². The van der Waals surface area contributed by atoms with Crippen LogP contribution in [-0.4, -0.2) is 26.3 Å². The van der Waals surface area contributed by atoms with Gasteiger partial charge in [0.1, 0.15) is 11.5 Å². The highest BCUT2D eigenvalue weighted by Gasteiger charge is 2.32. The van der Waals surface area contributed by atoms with E-state index in [1.165, 1.54) is 29.5 Å². The number of hydrogen-bond donors (Lipinski definition) is 1. The van der Waals surface area contributed by atoms with Gasteiger partial charge in [-0.15, -0.1) is 0 Å². The van der Waals surface area contributed by atoms with Crippen LogP contribution < -0.4 is 14.8 Å². The molecule has 114 valence electrons. The van der Waals surface area contributed by atoms with Crippen LogP contribution in [0.1, 0.15) is 48.3 Å². The molecule has 0 aromatic heterocycles. The second-order valence-electron chi connectivity index (χ2n) is 6.29. The van der Waals surface area contributed by atoms with E-state index in [4.69, 9.17) is 21.1 Å². The molecule has 1 saturated heterocycles. The van der Waals surface area contributed by atoms with E-state index >= 15 is 0 Å². The van der Waals surface area contributed by atoms with Crippen LogP contribution in [-0.2, 0) is 12.8 Å². The Morgan fingerprint density at radius 3 is 2.48 bits per heavy atom. The van der Waals surface area contributed by atoms with Crippen LogP contribution in [0.15, 0.2) is 0 Å². The van der Waals surface area contributed by atoms with Gasteiger partial charge in [0.15, 0.2) is 0 Å². The highest BCUT2D eigenvalue weighted by molar-refractivity contribution is 6.33. The first-order valence-corrected chi connectivity index (χ1v) is 8.57. The Bertz CT molecular complexity index is 515. The summed E-state index contributed by atoms with van der Waals surface area (Å²) in [4.78, 5) is 0. The number of benzene rings is 1. The Hall–Kier alpha value is -0.930. The van der Waals surface area contributed by atoms with Crippen LogP contribution in [0.2, 0.25) is 5.02 Å². The minimum absolute atomic E-state index is 0.540. The van der Waals surface area contributed by atoms with Gasteiger partial charge in [-0.05, 0) is 45.1 Å². The number of rotatable bonds is 1.